The summed E-state index contributed by atoms with van der Waals surface area (Å²) in [5.41, 5.74) is 0.441. The Morgan fingerprint density at radius 2 is 1.92 bits per heavy atom. The van der Waals surface area contributed by atoms with Gasteiger partial charge in [0.25, 0.3) is 0 Å². The number of ether oxygens (including phenoxy) is 2. The molecule has 2 heterocycles. The first-order valence-electron chi connectivity index (χ1n) is 8.82. The fourth-order valence-electron chi connectivity index (χ4n) is 4.19. The molecule has 0 saturated carbocycles. The minimum absolute atomic E-state index is 0.0232. The number of carboxylic acid groups (broad SMARTS) is 1. The van der Waals surface area contributed by atoms with E-state index < -0.39 is 29.9 Å². The highest BCUT2D eigenvalue weighted by atomic mass is 16.6. The average Bonchev–Trinajstić information content (AvgIpc) is 2.93. The molecule has 2 fully saturated rings. The second-order valence-corrected chi connectivity index (χ2v) is 6.77. The third-order valence-electron chi connectivity index (χ3n) is 5.34. The smallest absolute Gasteiger partial charge is 0.338 e. The lowest BCUT2D eigenvalue weighted by Gasteiger charge is -2.42. The molecule has 0 aliphatic carbocycles. The molecule has 0 spiro atoms. The van der Waals surface area contributed by atoms with E-state index in [2.05, 4.69) is 4.90 Å². The monoisotopic (exact) mass is 361 g/mol. The van der Waals surface area contributed by atoms with Crippen molar-refractivity contribution in [2.24, 2.45) is 5.92 Å². The van der Waals surface area contributed by atoms with Crippen LogP contribution in [0.25, 0.3) is 0 Å². The lowest BCUT2D eigenvalue weighted by atomic mass is 9.87. The Labute approximate surface area is 151 Å². The minimum atomic E-state index is -0.864. The van der Waals surface area contributed by atoms with E-state index in [-0.39, 0.29) is 18.5 Å². The van der Waals surface area contributed by atoms with Gasteiger partial charge in [-0.05, 0) is 25.0 Å². The highest BCUT2D eigenvalue weighted by Gasteiger charge is 2.52. The Morgan fingerprint density at radius 3 is 2.58 bits per heavy atom. The first-order valence-corrected chi connectivity index (χ1v) is 8.82. The number of piperidine rings is 1. The first kappa shape index (κ1) is 18.4. The normalized spacial score (nSPS) is 27.7. The van der Waals surface area contributed by atoms with E-state index in [4.69, 9.17) is 14.6 Å². The van der Waals surface area contributed by atoms with Crippen LogP contribution in [-0.2, 0) is 19.1 Å². The summed E-state index contributed by atoms with van der Waals surface area (Å²) in [4.78, 5) is 37.8. The fourth-order valence-corrected chi connectivity index (χ4v) is 4.19. The van der Waals surface area contributed by atoms with E-state index in [0.29, 0.717) is 18.5 Å². The van der Waals surface area contributed by atoms with Gasteiger partial charge >= 0.3 is 17.9 Å². The van der Waals surface area contributed by atoms with Crippen LogP contribution in [0.3, 0.4) is 0 Å². The van der Waals surface area contributed by atoms with Crippen LogP contribution in [0.2, 0.25) is 0 Å². The van der Waals surface area contributed by atoms with E-state index in [0.717, 1.165) is 12.8 Å². The van der Waals surface area contributed by atoms with Crippen LogP contribution in [-0.4, -0.2) is 59.8 Å². The van der Waals surface area contributed by atoms with Crippen molar-refractivity contribution in [1.82, 2.24) is 4.90 Å². The third-order valence-corrected chi connectivity index (χ3v) is 5.34. The van der Waals surface area contributed by atoms with Crippen LogP contribution >= 0.6 is 0 Å². The largest absolute Gasteiger partial charge is 0.481 e. The summed E-state index contributed by atoms with van der Waals surface area (Å²) in [6.45, 7) is 0.386. The first-order chi connectivity index (χ1) is 12.5. The van der Waals surface area contributed by atoms with Crippen molar-refractivity contribution in [3.8, 4) is 0 Å². The second kappa shape index (κ2) is 7.86. The maximum atomic E-state index is 12.4. The van der Waals surface area contributed by atoms with Crippen LogP contribution < -0.4 is 0 Å². The maximum Gasteiger partial charge on any atom is 0.338 e. The molecule has 2 aliphatic heterocycles. The van der Waals surface area contributed by atoms with Gasteiger partial charge in [0.15, 0.2) is 0 Å². The number of aliphatic carboxylic acids is 1. The summed E-state index contributed by atoms with van der Waals surface area (Å²) in [5.74, 6) is -2.33. The van der Waals surface area contributed by atoms with Gasteiger partial charge in [-0.15, -0.1) is 0 Å². The molecule has 1 aromatic carbocycles. The van der Waals surface area contributed by atoms with Gasteiger partial charge in [-0.3, -0.25) is 14.5 Å². The lowest BCUT2D eigenvalue weighted by Crippen LogP contribution is -2.55. The molecule has 140 valence electrons. The van der Waals surface area contributed by atoms with Gasteiger partial charge in [-0.25, -0.2) is 4.79 Å². The van der Waals surface area contributed by atoms with Crippen LogP contribution in [0.1, 0.15) is 36.0 Å². The Balaban J connectivity index is 1.77. The highest BCUT2D eigenvalue weighted by Crippen LogP contribution is 2.41. The molecule has 4 unspecified atom stereocenters. The molecule has 0 aromatic heterocycles. The number of nitrogens with zero attached hydrogens (tertiary/aromatic N) is 1. The van der Waals surface area contributed by atoms with Crippen LogP contribution in [0.4, 0.5) is 0 Å². The number of benzene rings is 1. The zero-order valence-electron chi connectivity index (χ0n) is 14.7. The average molecular weight is 361 g/mol. The van der Waals surface area contributed by atoms with Crippen molar-refractivity contribution in [3.63, 3.8) is 0 Å². The Hall–Kier alpha value is -2.41. The standard InChI is InChI=1S/C19H23NO6/c1-25-19(24)17-14-8-7-13(20(14)10-9-16(21)22)11-15(17)26-18(23)12-5-3-2-4-6-12/h2-6,13-15,17H,7-11H2,1H3,(H,21,22). The van der Waals surface area contributed by atoms with Gasteiger partial charge < -0.3 is 14.6 Å². The molecule has 1 N–H and O–H groups in total. The van der Waals surface area contributed by atoms with Gasteiger partial charge in [0, 0.05) is 25.0 Å². The van der Waals surface area contributed by atoms with E-state index in [1.165, 1.54) is 7.11 Å². The lowest BCUT2D eigenvalue weighted by molar-refractivity contribution is -0.156. The molecule has 0 radical (unpaired) electrons. The number of hydrogen-bond donors (Lipinski definition) is 1. The van der Waals surface area contributed by atoms with Crippen molar-refractivity contribution >= 4 is 17.9 Å². The summed E-state index contributed by atoms with van der Waals surface area (Å²) in [6, 6.07) is 8.63. The zero-order chi connectivity index (χ0) is 18.7. The molecule has 7 nitrogen and oxygen atoms in total. The number of methoxy groups -OCH3 is 1. The van der Waals surface area contributed by atoms with Crippen molar-refractivity contribution in [3.05, 3.63) is 35.9 Å². The quantitative estimate of drug-likeness (QED) is 0.771. The van der Waals surface area contributed by atoms with Crippen LogP contribution in [0.5, 0.6) is 0 Å². The molecule has 7 heteroatoms. The summed E-state index contributed by atoms with van der Waals surface area (Å²) in [5, 5.41) is 8.97. The van der Waals surface area contributed by atoms with E-state index in [9.17, 15) is 14.4 Å². The van der Waals surface area contributed by atoms with Gasteiger partial charge in [0.05, 0.1) is 19.1 Å². The second-order valence-electron chi connectivity index (χ2n) is 6.77. The predicted molar refractivity (Wildman–Crippen MR) is 91.5 cm³/mol. The number of hydrogen-bond acceptors (Lipinski definition) is 6. The van der Waals surface area contributed by atoms with Gasteiger partial charge in [0.2, 0.25) is 0 Å². The van der Waals surface area contributed by atoms with E-state index in [1.54, 1.807) is 24.3 Å². The topological polar surface area (TPSA) is 93.1 Å². The van der Waals surface area contributed by atoms with Gasteiger partial charge in [-0.1, -0.05) is 18.2 Å². The number of carboxylic acids is 1. The molecular weight excluding hydrogens is 338 g/mol. The van der Waals surface area contributed by atoms with Crippen LogP contribution in [0.15, 0.2) is 30.3 Å². The van der Waals surface area contributed by atoms with Crippen molar-refractivity contribution in [1.29, 1.82) is 0 Å². The zero-order valence-corrected chi connectivity index (χ0v) is 14.7. The molecule has 2 aliphatic rings. The molecule has 4 atom stereocenters. The summed E-state index contributed by atoms with van der Waals surface area (Å²) in [7, 11) is 1.32. The molecule has 3 rings (SSSR count). The summed E-state index contributed by atoms with van der Waals surface area (Å²) < 4.78 is 10.6. The molecule has 2 bridgehead atoms. The summed E-state index contributed by atoms with van der Waals surface area (Å²) >= 11 is 0. The number of carbonyl (C=O) groups excluding carboxylic acids is 2. The predicted octanol–water partition coefficient (Wildman–Crippen LogP) is 1.71. The number of carbonyl (C=O) groups is 3. The van der Waals surface area contributed by atoms with E-state index >= 15 is 0 Å². The Morgan fingerprint density at radius 1 is 1.19 bits per heavy atom. The highest BCUT2D eigenvalue weighted by molar-refractivity contribution is 5.89. The van der Waals surface area contributed by atoms with Crippen molar-refractivity contribution in [2.75, 3.05) is 13.7 Å². The van der Waals surface area contributed by atoms with Gasteiger partial charge in [0.1, 0.15) is 12.0 Å². The fraction of sp³-hybridized carbons (Fsp3) is 0.526. The number of rotatable bonds is 6. The van der Waals surface area contributed by atoms with Gasteiger partial charge in [-0.2, -0.15) is 0 Å². The minimum Gasteiger partial charge on any atom is -0.481 e. The Kier molecular flexibility index (Phi) is 5.56. The number of fused-ring (bicyclic) bond motifs is 2. The molecule has 2 saturated heterocycles. The SMILES string of the molecule is COC(=O)C1C(OC(=O)c2ccccc2)CC2CCC1N2CCC(=O)O. The molecule has 26 heavy (non-hydrogen) atoms. The van der Waals surface area contributed by atoms with Crippen molar-refractivity contribution in [2.45, 2.75) is 43.9 Å². The summed E-state index contributed by atoms with van der Waals surface area (Å²) in [6.07, 6.45) is 1.60. The van der Waals surface area contributed by atoms with Crippen LogP contribution in [0, 0.1) is 5.92 Å². The number of esters is 2. The molecule has 1 aromatic rings. The third kappa shape index (κ3) is 3.72. The maximum absolute atomic E-state index is 12.4. The Bertz CT molecular complexity index is 676. The van der Waals surface area contributed by atoms with Crippen molar-refractivity contribution < 1.29 is 29.0 Å². The molecule has 0 amide bonds. The molecular formula is C19H23NO6. The van der Waals surface area contributed by atoms with E-state index in [1.807, 2.05) is 6.07 Å².